The van der Waals surface area contributed by atoms with Crippen LogP contribution in [0, 0.1) is 5.92 Å². The van der Waals surface area contributed by atoms with E-state index in [1.165, 1.54) is 0 Å². The first kappa shape index (κ1) is 11.9. The molecule has 1 aliphatic rings. The van der Waals surface area contributed by atoms with Crippen LogP contribution in [0.1, 0.15) is 26.2 Å². The molecule has 0 aromatic heterocycles. The molecule has 0 amide bonds. The molecule has 2 N–H and O–H groups in total. The Morgan fingerprint density at radius 1 is 1.36 bits per heavy atom. The first-order chi connectivity index (χ1) is 6.53. The molecule has 0 aromatic carbocycles. The van der Waals surface area contributed by atoms with Gasteiger partial charge in [-0.25, -0.2) is 8.78 Å². The Morgan fingerprint density at radius 2 is 2.07 bits per heavy atom. The standard InChI is InChI=1S/C10H20F2N2/c1-9-3-2-5-14(6-4-9)8-10(11,12)7-13/h9H,2-8,13H2,1H3. The van der Waals surface area contributed by atoms with Gasteiger partial charge < -0.3 is 5.73 Å². The number of nitrogens with two attached hydrogens (primary N) is 1. The van der Waals surface area contributed by atoms with Gasteiger partial charge in [0, 0.05) is 0 Å². The molecule has 1 unspecified atom stereocenters. The van der Waals surface area contributed by atoms with Crippen molar-refractivity contribution in [2.45, 2.75) is 32.1 Å². The maximum absolute atomic E-state index is 13.0. The van der Waals surface area contributed by atoms with Crippen molar-refractivity contribution >= 4 is 0 Å². The summed E-state index contributed by atoms with van der Waals surface area (Å²) >= 11 is 0. The summed E-state index contributed by atoms with van der Waals surface area (Å²) in [6.07, 6.45) is 3.22. The SMILES string of the molecule is CC1CCCN(CC(F)(F)CN)CC1. The van der Waals surface area contributed by atoms with Crippen LogP contribution in [0.4, 0.5) is 8.78 Å². The molecule has 84 valence electrons. The summed E-state index contributed by atoms with van der Waals surface area (Å²) in [5.41, 5.74) is 5.01. The Kier molecular flexibility index (Phi) is 4.26. The van der Waals surface area contributed by atoms with Crippen LogP contribution in [0.15, 0.2) is 0 Å². The fourth-order valence-electron chi connectivity index (χ4n) is 1.87. The predicted octanol–water partition coefficient (Wildman–Crippen LogP) is 1.70. The van der Waals surface area contributed by atoms with Gasteiger partial charge in [0.2, 0.25) is 0 Å². The zero-order valence-corrected chi connectivity index (χ0v) is 8.81. The van der Waals surface area contributed by atoms with Crippen LogP contribution in [0.3, 0.4) is 0 Å². The third kappa shape index (κ3) is 3.88. The highest BCUT2D eigenvalue weighted by molar-refractivity contribution is 4.75. The van der Waals surface area contributed by atoms with Crippen molar-refractivity contribution in [3.8, 4) is 0 Å². The normalized spacial score (nSPS) is 26.1. The van der Waals surface area contributed by atoms with Crippen LogP contribution in [-0.2, 0) is 0 Å². The number of alkyl halides is 2. The Hall–Kier alpha value is -0.220. The fraction of sp³-hybridized carbons (Fsp3) is 1.00. The lowest BCUT2D eigenvalue weighted by atomic mass is 10.0. The first-order valence-electron chi connectivity index (χ1n) is 5.34. The molecule has 2 nitrogen and oxygen atoms in total. The molecule has 14 heavy (non-hydrogen) atoms. The van der Waals surface area contributed by atoms with E-state index < -0.39 is 12.5 Å². The minimum absolute atomic E-state index is 0.170. The van der Waals surface area contributed by atoms with Gasteiger partial charge in [0.05, 0.1) is 13.1 Å². The molecule has 1 heterocycles. The van der Waals surface area contributed by atoms with Gasteiger partial charge in [0.1, 0.15) is 0 Å². The Labute approximate surface area is 84.4 Å². The highest BCUT2D eigenvalue weighted by Crippen LogP contribution is 2.20. The molecule has 1 atom stereocenters. The van der Waals surface area contributed by atoms with Crippen LogP contribution >= 0.6 is 0 Å². The highest BCUT2D eigenvalue weighted by atomic mass is 19.3. The lowest BCUT2D eigenvalue weighted by Gasteiger charge is -2.24. The maximum Gasteiger partial charge on any atom is 0.272 e. The number of hydrogen-bond donors (Lipinski definition) is 1. The number of halogens is 2. The Bertz CT molecular complexity index is 174. The molecule has 0 aromatic rings. The smallest absolute Gasteiger partial charge is 0.272 e. The molecule has 0 radical (unpaired) electrons. The average Bonchev–Trinajstić information content (AvgIpc) is 2.31. The molecule has 1 saturated heterocycles. The molecular weight excluding hydrogens is 186 g/mol. The van der Waals surface area contributed by atoms with Crippen molar-refractivity contribution in [3.63, 3.8) is 0 Å². The zero-order chi connectivity index (χ0) is 10.6. The van der Waals surface area contributed by atoms with E-state index in [-0.39, 0.29) is 6.54 Å². The molecule has 0 bridgehead atoms. The van der Waals surface area contributed by atoms with E-state index in [0.717, 1.165) is 32.4 Å². The van der Waals surface area contributed by atoms with Gasteiger partial charge in [0.15, 0.2) is 0 Å². The lowest BCUT2D eigenvalue weighted by molar-refractivity contribution is -0.0228. The van der Waals surface area contributed by atoms with Gasteiger partial charge in [0.25, 0.3) is 5.92 Å². The number of likely N-dealkylation sites (tertiary alicyclic amines) is 1. The summed E-state index contributed by atoms with van der Waals surface area (Å²) < 4.78 is 26.0. The van der Waals surface area contributed by atoms with Crippen molar-refractivity contribution in [1.29, 1.82) is 0 Å². The lowest BCUT2D eigenvalue weighted by Crippen LogP contribution is -2.42. The van der Waals surface area contributed by atoms with E-state index in [1.807, 2.05) is 4.90 Å². The summed E-state index contributed by atoms with van der Waals surface area (Å²) in [7, 11) is 0. The van der Waals surface area contributed by atoms with Crippen LogP contribution in [0.2, 0.25) is 0 Å². The average molecular weight is 206 g/mol. The van der Waals surface area contributed by atoms with E-state index >= 15 is 0 Å². The minimum Gasteiger partial charge on any atom is -0.325 e. The fourth-order valence-corrected chi connectivity index (χ4v) is 1.87. The third-order valence-corrected chi connectivity index (χ3v) is 2.86. The molecule has 4 heteroatoms. The van der Waals surface area contributed by atoms with Crippen molar-refractivity contribution in [2.75, 3.05) is 26.2 Å². The van der Waals surface area contributed by atoms with Crippen molar-refractivity contribution in [3.05, 3.63) is 0 Å². The molecule has 1 rings (SSSR count). The Morgan fingerprint density at radius 3 is 2.71 bits per heavy atom. The van der Waals surface area contributed by atoms with Gasteiger partial charge in [-0.2, -0.15) is 0 Å². The molecule has 1 fully saturated rings. The van der Waals surface area contributed by atoms with Crippen LogP contribution < -0.4 is 5.73 Å². The van der Waals surface area contributed by atoms with E-state index in [2.05, 4.69) is 6.92 Å². The molecule has 0 spiro atoms. The predicted molar refractivity (Wildman–Crippen MR) is 53.5 cm³/mol. The second-order valence-corrected chi connectivity index (χ2v) is 4.37. The monoisotopic (exact) mass is 206 g/mol. The van der Waals surface area contributed by atoms with Gasteiger partial charge >= 0.3 is 0 Å². The summed E-state index contributed by atoms with van der Waals surface area (Å²) in [4.78, 5) is 1.84. The number of hydrogen-bond acceptors (Lipinski definition) is 2. The molecule has 0 aliphatic carbocycles. The first-order valence-corrected chi connectivity index (χ1v) is 5.34. The molecular formula is C10H20F2N2. The zero-order valence-electron chi connectivity index (χ0n) is 8.81. The van der Waals surface area contributed by atoms with Gasteiger partial charge in [-0.3, -0.25) is 4.90 Å². The maximum atomic E-state index is 13.0. The van der Waals surface area contributed by atoms with E-state index in [0.29, 0.717) is 5.92 Å². The van der Waals surface area contributed by atoms with Crippen molar-refractivity contribution in [1.82, 2.24) is 4.90 Å². The van der Waals surface area contributed by atoms with E-state index in [1.54, 1.807) is 0 Å². The molecule has 0 saturated carbocycles. The third-order valence-electron chi connectivity index (χ3n) is 2.86. The summed E-state index contributed by atoms with van der Waals surface area (Å²) in [6.45, 7) is 3.05. The van der Waals surface area contributed by atoms with Crippen molar-refractivity contribution in [2.24, 2.45) is 11.7 Å². The number of nitrogens with zero attached hydrogens (tertiary/aromatic N) is 1. The topological polar surface area (TPSA) is 29.3 Å². The van der Waals surface area contributed by atoms with E-state index in [4.69, 9.17) is 5.73 Å². The summed E-state index contributed by atoms with van der Waals surface area (Å²) in [5, 5.41) is 0. The minimum atomic E-state index is -2.71. The van der Waals surface area contributed by atoms with Crippen LogP contribution in [-0.4, -0.2) is 37.0 Å². The summed E-state index contributed by atoms with van der Waals surface area (Å²) in [6, 6.07) is 0. The second-order valence-electron chi connectivity index (χ2n) is 4.37. The highest BCUT2D eigenvalue weighted by Gasteiger charge is 2.30. The van der Waals surface area contributed by atoms with Gasteiger partial charge in [-0.15, -0.1) is 0 Å². The van der Waals surface area contributed by atoms with E-state index in [9.17, 15) is 8.78 Å². The number of rotatable bonds is 3. The second kappa shape index (κ2) is 5.03. The quantitative estimate of drug-likeness (QED) is 0.761. The van der Waals surface area contributed by atoms with Crippen molar-refractivity contribution < 1.29 is 8.78 Å². The van der Waals surface area contributed by atoms with Gasteiger partial charge in [-0.1, -0.05) is 6.92 Å². The summed E-state index contributed by atoms with van der Waals surface area (Å²) in [5.74, 6) is -2.04. The largest absolute Gasteiger partial charge is 0.325 e. The van der Waals surface area contributed by atoms with Crippen LogP contribution in [0.5, 0.6) is 0 Å². The van der Waals surface area contributed by atoms with Gasteiger partial charge in [-0.05, 0) is 38.3 Å². The van der Waals surface area contributed by atoms with Crippen LogP contribution in [0.25, 0.3) is 0 Å². The Balaban J connectivity index is 2.37. The molecule has 1 aliphatic heterocycles.